The zero-order valence-corrected chi connectivity index (χ0v) is 18.9. The van der Waals surface area contributed by atoms with Gasteiger partial charge in [-0.2, -0.15) is 5.10 Å². The molecule has 0 radical (unpaired) electrons. The van der Waals surface area contributed by atoms with E-state index in [4.69, 9.17) is 0 Å². The molecule has 0 aliphatic carbocycles. The number of hydrogen-bond donors (Lipinski definition) is 2. The van der Waals surface area contributed by atoms with Crippen LogP contribution in [-0.4, -0.2) is 48.8 Å². The van der Waals surface area contributed by atoms with Crippen molar-refractivity contribution in [2.45, 2.75) is 26.9 Å². The lowest BCUT2D eigenvalue weighted by molar-refractivity contribution is 0.595. The number of benzene rings is 1. The molecule has 0 amide bonds. The number of hydrogen-bond acceptors (Lipinski definition) is 4. The van der Waals surface area contributed by atoms with Crippen molar-refractivity contribution in [3.63, 3.8) is 0 Å². The summed E-state index contributed by atoms with van der Waals surface area (Å²) in [6.45, 7) is 5.89. The van der Waals surface area contributed by atoms with Crippen LogP contribution in [0.25, 0.3) is 0 Å². The summed E-state index contributed by atoms with van der Waals surface area (Å²) >= 11 is 0. The summed E-state index contributed by atoms with van der Waals surface area (Å²) in [5.41, 5.74) is 2.27. The zero-order valence-electron chi connectivity index (χ0n) is 15.8. The van der Waals surface area contributed by atoms with E-state index in [0.717, 1.165) is 11.1 Å². The molecule has 0 bridgehead atoms. The summed E-state index contributed by atoms with van der Waals surface area (Å²) in [7, 11) is -2.99. The summed E-state index contributed by atoms with van der Waals surface area (Å²) < 4.78 is 25.1. The average Bonchev–Trinajstić information content (AvgIpc) is 3.14. The lowest BCUT2D eigenvalue weighted by Crippen LogP contribution is -2.39. The van der Waals surface area contributed by atoms with E-state index in [1.54, 1.807) is 13.1 Å². The second-order valence-corrected chi connectivity index (χ2v) is 8.30. The minimum atomic E-state index is -2.99. The lowest BCUT2D eigenvalue weighted by atomic mass is 10.1. The van der Waals surface area contributed by atoms with Crippen LogP contribution >= 0.6 is 24.0 Å². The molecule has 0 spiro atoms. The molecule has 2 rings (SSSR count). The number of aliphatic imine (C=N–C) groups is 1. The van der Waals surface area contributed by atoms with Gasteiger partial charge in [0.15, 0.2) is 15.8 Å². The van der Waals surface area contributed by atoms with Gasteiger partial charge in [0.2, 0.25) is 0 Å². The molecule has 7 nitrogen and oxygen atoms in total. The van der Waals surface area contributed by atoms with Crippen molar-refractivity contribution in [3.05, 3.63) is 53.9 Å². The first-order valence-electron chi connectivity index (χ1n) is 8.81. The van der Waals surface area contributed by atoms with Gasteiger partial charge in [-0.25, -0.2) is 13.4 Å². The SMILES string of the molecule is CCNC(=NCc1ccccc1Cn1cccn1)NCCS(=O)(=O)CC.I. The van der Waals surface area contributed by atoms with Gasteiger partial charge in [0.1, 0.15) is 0 Å². The van der Waals surface area contributed by atoms with Crippen LogP contribution in [0.3, 0.4) is 0 Å². The topological polar surface area (TPSA) is 88.4 Å². The summed E-state index contributed by atoms with van der Waals surface area (Å²) in [4.78, 5) is 4.59. The summed E-state index contributed by atoms with van der Waals surface area (Å²) in [6, 6.07) is 10.0. The van der Waals surface area contributed by atoms with Crippen LogP contribution in [0, 0.1) is 0 Å². The number of nitrogens with zero attached hydrogens (tertiary/aromatic N) is 3. The third-order valence-electron chi connectivity index (χ3n) is 3.91. The van der Waals surface area contributed by atoms with E-state index in [1.165, 1.54) is 0 Å². The Hall–Kier alpha value is -1.62. The van der Waals surface area contributed by atoms with E-state index in [1.807, 2.05) is 42.1 Å². The molecule has 27 heavy (non-hydrogen) atoms. The maximum absolute atomic E-state index is 11.6. The second-order valence-electron chi connectivity index (χ2n) is 5.83. The molecule has 0 atom stereocenters. The number of halogens is 1. The van der Waals surface area contributed by atoms with Gasteiger partial charge in [-0.1, -0.05) is 31.2 Å². The molecular formula is C18H28IN5O2S. The maximum atomic E-state index is 11.6. The van der Waals surface area contributed by atoms with Crippen molar-refractivity contribution >= 4 is 39.8 Å². The number of aromatic nitrogens is 2. The highest BCUT2D eigenvalue weighted by molar-refractivity contribution is 14.0. The molecule has 1 heterocycles. The number of rotatable bonds is 9. The second kappa shape index (κ2) is 12.0. The smallest absolute Gasteiger partial charge is 0.191 e. The van der Waals surface area contributed by atoms with Crippen LogP contribution in [0.4, 0.5) is 0 Å². The van der Waals surface area contributed by atoms with E-state index in [-0.39, 0.29) is 35.5 Å². The van der Waals surface area contributed by atoms with E-state index >= 15 is 0 Å². The normalized spacial score (nSPS) is 11.7. The molecule has 2 N–H and O–H groups in total. The average molecular weight is 505 g/mol. The van der Waals surface area contributed by atoms with Gasteiger partial charge in [0, 0.05) is 31.2 Å². The Bertz CT molecular complexity index is 807. The Morgan fingerprint density at radius 3 is 2.52 bits per heavy atom. The molecular weight excluding hydrogens is 477 g/mol. The summed E-state index contributed by atoms with van der Waals surface area (Å²) in [6.07, 6.45) is 3.69. The van der Waals surface area contributed by atoms with Crippen LogP contribution in [0.15, 0.2) is 47.7 Å². The quantitative estimate of drug-likeness (QED) is 0.310. The van der Waals surface area contributed by atoms with Gasteiger partial charge >= 0.3 is 0 Å². The van der Waals surface area contributed by atoms with Gasteiger partial charge in [0.25, 0.3) is 0 Å². The Morgan fingerprint density at radius 2 is 1.89 bits per heavy atom. The third-order valence-corrected chi connectivity index (χ3v) is 5.61. The highest BCUT2D eigenvalue weighted by atomic mass is 127. The first-order valence-corrected chi connectivity index (χ1v) is 10.6. The van der Waals surface area contributed by atoms with Gasteiger partial charge in [0.05, 0.1) is 18.8 Å². The zero-order chi connectivity index (χ0) is 18.8. The maximum Gasteiger partial charge on any atom is 0.191 e. The molecule has 0 aliphatic rings. The highest BCUT2D eigenvalue weighted by Gasteiger charge is 2.08. The first-order chi connectivity index (χ1) is 12.5. The Labute approximate surface area is 178 Å². The predicted octanol–water partition coefficient (Wildman–Crippen LogP) is 2.04. The minimum Gasteiger partial charge on any atom is -0.357 e. The monoisotopic (exact) mass is 505 g/mol. The molecule has 1 aromatic carbocycles. The van der Waals surface area contributed by atoms with Crippen molar-refractivity contribution in [2.75, 3.05) is 24.6 Å². The largest absolute Gasteiger partial charge is 0.357 e. The minimum absolute atomic E-state index is 0. The summed E-state index contributed by atoms with van der Waals surface area (Å²) in [5.74, 6) is 0.875. The number of nitrogens with one attached hydrogen (secondary N) is 2. The fourth-order valence-electron chi connectivity index (χ4n) is 2.41. The van der Waals surface area contributed by atoms with E-state index in [9.17, 15) is 8.42 Å². The van der Waals surface area contributed by atoms with Gasteiger partial charge < -0.3 is 10.6 Å². The molecule has 1 aromatic heterocycles. The predicted molar refractivity (Wildman–Crippen MR) is 120 cm³/mol. The number of guanidine groups is 1. The van der Waals surface area contributed by atoms with Gasteiger partial charge in [-0.15, -0.1) is 24.0 Å². The number of sulfone groups is 1. The molecule has 0 unspecified atom stereocenters. The first kappa shape index (κ1) is 23.4. The van der Waals surface area contributed by atoms with Crippen LogP contribution in [0.2, 0.25) is 0 Å². The van der Waals surface area contributed by atoms with E-state index in [0.29, 0.717) is 32.1 Å². The molecule has 9 heteroatoms. The van der Waals surface area contributed by atoms with Crippen molar-refractivity contribution in [2.24, 2.45) is 4.99 Å². The molecule has 0 fully saturated rings. The van der Waals surface area contributed by atoms with Gasteiger partial charge in [-0.3, -0.25) is 4.68 Å². The Morgan fingerprint density at radius 1 is 1.15 bits per heavy atom. The third kappa shape index (κ3) is 8.29. The van der Waals surface area contributed by atoms with Crippen LogP contribution < -0.4 is 10.6 Å². The Balaban J connectivity index is 0.00000364. The van der Waals surface area contributed by atoms with Crippen molar-refractivity contribution < 1.29 is 8.42 Å². The molecule has 0 saturated heterocycles. The molecule has 0 saturated carbocycles. The molecule has 2 aromatic rings. The van der Waals surface area contributed by atoms with Crippen molar-refractivity contribution in [3.8, 4) is 0 Å². The van der Waals surface area contributed by atoms with Crippen LogP contribution in [0.5, 0.6) is 0 Å². The van der Waals surface area contributed by atoms with Crippen molar-refractivity contribution in [1.82, 2.24) is 20.4 Å². The van der Waals surface area contributed by atoms with E-state index < -0.39 is 9.84 Å². The van der Waals surface area contributed by atoms with Crippen LogP contribution in [-0.2, 0) is 22.9 Å². The summed E-state index contributed by atoms with van der Waals surface area (Å²) in [5, 5.41) is 10.5. The molecule has 150 valence electrons. The Kier molecular flexibility index (Phi) is 10.4. The van der Waals surface area contributed by atoms with Crippen LogP contribution in [0.1, 0.15) is 25.0 Å². The molecule has 0 aliphatic heterocycles. The van der Waals surface area contributed by atoms with Crippen molar-refractivity contribution in [1.29, 1.82) is 0 Å². The van der Waals surface area contributed by atoms with Gasteiger partial charge in [-0.05, 0) is 24.1 Å². The lowest BCUT2D eigenvalue weighted by Gasteiger charge is -2.12. The standard InChI is InChI=1S/C18H27N5O2S.HI/c1-3-19-18(20-11-13-26(24,25)4-2)21-14-16-8-5-6-9-17(16)15-23-12-7-10-22-23;/h5-10,12H,3-4,11,13-15H2,1-2H3,(H2,19,20,21);1H. The highest BCUT2D eigenvalue weighted by Crippen LogP contribution is 2.11. The fourth-order valence-corrected chi connectivity index (χ4v) is 3.11. The fraction of sp³-hybridized carbons (Fsp3) is 0.444. The van der Waals surface area contributed by atoms with E-state index in [2.05, 4.69) is 26.8 Å².